The van der Waals surface area contributed by atoms with Crippen molar-refractivity contribution in [3.05, 3.63) is 0 Å². The fraction of sp³-hybridized carbons (Fsp3) is 1.00. The number of nitrogens with zero attached hydrogens (tertiary/aromatic N) is 1. The van der Waals surface area contributed by atoms with Gasteiger partial charge in [-0.2, -0.15) is 0 Å². The van der Waals surface area contributed by atoms with E-state index < -0.39 is 0 Å². The Morgan fingerprint density at radius 3 is 2.53 bits per heavy atom. The normalized spacial score (nSPS) is 33.4. The molecule has 2 rings (SSSR count). The average Bonchev–Trinajstić information content (AvgIpc) is 2.42. The smallest absolute Gasteiger partial charge is 0.0526 e. The zero-order valence-electron chi connectivity index (χ0n) is 9.84. The molecule has 0 aromatic carbocycles. The van der Waals surface area contributed by atoms with Crippen molar-refractivity contribution in [2.45, 2.75) is 32.1 Å². The maximum atomic E-state index is 6.35. The second kappa shape index (κ2) is 4.60. The largest absolute Gasteiger partial charge is 0.381 e. The van der Waals surface area contributed by atoms with E-state index in [0.717, 1.165) is 32.2 Å². The number of hydrogen-bond acceptors (Lipinski definition) is 2. The summed E-state index contributed by atoms with van der Waals surface area (Å²) in [4.78, 5) is 2.54. The molecule has 2 aliphatic heterocycles. The summed E-state index contributed by atoms with van der Waals surface area (Å²) in [5, 5.41) is 0.317. The van der Waals surface area contributed by atoms with Gasteiger partial charge in [-0.15, -0.1) is 11.6 Å². The summed E-state index contributed by atoms with van der Waals surface area (Å²) in [6, 6.07) is 0. The lowest BCUT2D eigenvalue weighted by Gasteiger charge is -2.27. The summed E-state index contributed by atoms with van der Waals surface area (Å²) in [6.07, 6.45) is 2.45. The second-order valence-corrected chi connectivity index (χ2v) is 6.23. The van der Waals surface area contributed by atoms with Crippen molar-refractivity contribution < 1.29 is 4.74 Å². The molecular formula is C12H22ClNO. The van der Waals surface area contributed by atoms with Gasteiger partial charge in [-0.3, -0.25) is 0 Å². The highest BCUT2D eigenvalue weighted by molar-refractivity contribution is 6.21. The predicted octanol–water partition coefficient (Wildman–Crippen LogP) is 2.36. The first-order valence-electron chi connectivity index (χ1n) is 6.02. The van der Waals surface area contributed by atoms with Gasteiger partial charge in [0.1, 0.15) is 0 Å². The van der Waals surface area contributed by atoms with Gasteiger partial charge in [0.25, 0.3) is 0 Å². The molecule has 0 saturated carbocycles. The third-order valence-electron chi connectivity index (χ3n) is 3.75. The molecule has 2 saturated heterocycles. The standard InChI is InChI=1S/C12H22ClNO/c1-12(2)9-14(8-11(12)13)7-10-3-5-15-6-4-10/h10-11H,3-9H2,1-2H3. The third-order valence-corrected chi connectivity index (χ3v) is 4.48. The van der Waals surface area contributed by atoms with Crippen molar-refractivity contribution in [3.8, 4) is 0 Å². The quantitative estimate of drug-likeness (QED) is 0.677. The van der Waals surface area contributed by atoms with Crippen molar-refractivity contribution in [3.63, 3.8) is 0 Å². The summed E-state index contributed by atoms with van der Waals surface area (Å²) in [5.41, 5.74) is 0.284. The number of rotatable bonds is 2. The minimum absolute atomic E-state index is 0.284. The van der Waals surface area contributed by atoms with E-state index in [0.29, 0.717) is 5.38 Å². The molecule has 0 N–H and O–H groups in total. The van der Waals surface area contributed by atoms with E-state index in [9.17, 15) is 0 Å². The zero-order valence-corrected chi connectivity index (χ0v) is 10.6. The highest BCUT2D eigenvalue weighted by Crippen LogP contribution is 2.34. The van der Waals surface area contributed by atoms with Crippen molar-refractivity contribution in [2.75, 3.05) is 32.8 Å². The van der Waals surface area contributed by atoms with Gasteiger partial charge in [0, 0.05) is 32.8 Å². The lowest BCUT2D eigenvalue weighted by Crippen LogP contribution is -2.31. The second-order valence-electron chi connectivity index (χ2n) is 5.71. The van der Waals surface area contributed by atoms with Crippen LogP contribution in [0.5, 0.6) is 0 Å². The Morgan fingerprint density at radius 1 is 1.33 bits per heavy atom. The van der Waals surface area contributed by atoms with Crippen LogP contribution in [-0.2, 0) is 4.74 Å². The molecule has 2 fully saturated rings. The summed E-state index contributed by atoms with van der Waals surface area (Å²) in [7, 11) is 0. The topological polar surface area (TPSA) is 12.5 Å². The molecule has 0 aromatic heterocycles. The lowest BCUT2D eigenvalue weighted by molar-refractivity contribution is 0.0545. The highest BCUT2D eigenvalue weighted by atomic mass is 35.5. The van der Waals surface area contributed by atoms with E-state index >= 15 is 0 Å². The van der Waals surface area contributed by atoms with E-state index in [-0.39, 0.29) is 5.41 Å². The molecule has 0 aliphatic carbocycles. The lowest BCUT2D eigenvalue weighted by atomic mass is 9.92. The number of ether oxygens (including phenoxy) is 1. The molecule has 1 unspecified atom stereocenters. The van der Waals surface area contributed by atoms with Crippen molar-refractivity contribution in [2.24, 2.45) is 11.3 Å². The Balaban J connectivity index is 1.81. The molecule has 88 valence electrons. The summed E-state index contributed by atoms with van der Waals surface area (Å²) in [5.74, 6) is 0.830. The Hall–Kier alpha value is 0.210. The van der Waals surface area contributed by atoms with Gasteiger partial charge in [-0.1, -0.05) is 13.8 Å². The van der Waals surface area contributed by atoms with Gasteiger partial charge >= 0.3 is 0 Å². The van der Waals surface area contributed by atoms with Crippen LogP contribution in [0.4, 0.5) is 0 Å². The van der Waals surface area contributed by atoms with E-state index in [2.05, 4.69) is 18.7 Å². The predicted molar refractivity (Wildman–Crippen MR) is 63.4 cm³/mol. The van der Waals surface area contributed by atoms with Crippen LogP contribution < -0.4 is 0 Å². The van der Waals surface area contributed by atoms with Gasteiger partial charge in [-0.05, 0) is 24.2 Å². The van der Waals surface area contributed by atoms with E-state index in [1.165, 1.54) is 19.4 Å². The van der Waals surface area contributed by atoms with Crippen LogP contribution in [0.1, 0.15) is 26.7 Å². The molecule has 1 atom stereocenters. The Bertz CT molecular complexity index is 214. The first-order chi connectivity index (χ1) is 7.08. The molecule has 2 heterocycles. The first-order valence-corrected chi connectivity index (χ1v) is 6.46. The highest BCUT2D eigenvalue weighted by Gasteiger charge is 2.38. The molecular weight excluding hydrogens is 210 g/mol. The van der Waals surface area contributed by atoms with E-state index in [1.807, 2.05) is 0 Å². The maximum Gasteiger partial charge on any atom is 0.0526 e. The summed E-state index contributed by atoms with van der Waals surface area (Å²) in [6.45, 7) is 9.88. The van der Waals surface area contributed by atoms with Crippen LogP contribution in [0, 0.1) is 11.3 Å². The zero-order chi connectivity index (χ0) is 10.9. The maximum absolute atomic E-state index is 6.35. The average molecular weight is 232 g/mol. The monoisotopic (exact) mass is 231 g/mol. The van der Waals surface area contributed by atoms with Crippen LogP contribution in [0.25, 0.3) is 0 Å². The molecule has 0 bridgehead atoms. The van der Waals surface area contributed by atoms with Gasteiger partial charge in [0.05, 0.1) is 5.38 Å². The minimum Gasteiger partial charge on any atom is -0.381 e. The minimum atomic E-state index is 0.284. The van der Waals surface area contributed by atoms with Crippen molar-refractivity contribution >= 4 is 11.6 Å². The van der Waals surface area contributed by atoms with Gasteiger partial charge in [0.2, 0.25) is 0 Å². The van der Waals surface area contributed by atoms with Crippen LogP contribution >= 0.6 is 11.6 Å². The fourth-order valence-corrected chi connectivity index (χ4v) is 2.91. The molecule has 2 aliphatic rings. The summed E-state index contributed by atoms with van der Waals surface area (Å²) >= 11 is 6.35. The van der Waals surface area contributed by atoms with Crippen molar-refractivity contribution in [1.29, 1.82) is 0 Å². The molecule has 3 heteroatoms. The van der Waals surface area contributed by atoms with Gasteiger partial charge in [-0.25, -0.2) is 0 Å². The van der Waals surface area contributed by atoms with Crippen LogP contribution in [-0.4, -0.2) is 43.1 Å². The molecule has 0 aromatic rings. The molecule has 2 nitrogen and oxygen atoms in total. The van der Waals surface area contributed by atoms with Crippen LogP contribution in [0.2, 0.25) is 0 Å². The Kier molecular flexibility index (Phi) is 3.59. The Morgan fingerprint density at radius 2 is 2.00 bits per heavy atom. The molecule has 0 amide bonds. The molecule has 0 spiro atoms. The van der Waals surface area contributed by atoms with Crippen LogP contribution in [0.15, 0.2) is 0 Å². The first kappa shape index (κ1) is 11.7. The van der Waals surface area contributed by atoms with E-state index in [4.69, 9.17) is 16.3 Å². The third kappa shape index (κ3) is 2.86. The SMILES string of the molecule is CC1(C)CN(CC2CCOCC2)CC1Cl. The van der Waals surface area contributed by atoms with Crippen LogP contribution in [0.3, 0.4) is 0 Å². The van der Waals surface area contributed by atoms with Gasteiger partial charge in [0.15, 0.2) is 0 Å². The van der Waals surface area contributed by atoms with Gasteiger partial charge < -0.3 is 9.64 Å². The molecule has 0 radical (unpaired) electrons. The number of likely N-dealkylation sites (tertiary alicyclic amines) is 1. The van der Waals surface area contributed by atoms with E-state index in [1.54, 1.807) is 0 Å². The molecule has 15 heavy (non-hydrogen) atoms. The number of hydrogen-bond donors (Lipinski definition) is 0. The summed E-state index contributed by atoms with van der Waals surface area (Å²) < 4.78 is 5.38. The van der Waals surface area contributed by atoms with Crippen molar-refractivity contribution in [1.82, 2.24) is 4.90 Å². The fourth-order valence-electron chi connectivity index (χ4n) is 2.65. The Labute approximate surface area is 97.9 Å². The number of alkyl halides is 1. The number of halogens is 1.